The van der Waals surface area contributed by atoms with Crippen LogP contribution in [0.3, 0.4) is 0 Å². The van der Waals surface area contributed by atoms with Crippen LogP contribution in [-0.2, 0) is 11.3 Å². The van der Waals surface area contributed by atoms with Gasteiger partial charge in [-0.15, -0.1) is 11.3 Å². The SMILES string of the molecule is COc1ccccc1-c1nc(CN2CCC(C(=O)O)C2)cs1. The second kappa shape index (κ2) is 6.46. The number of methoxy groups -OCH3 is 1. The van der Waals surface area contributed by atoms with Gasteiger partial charge in [-0.05, 0) is 25.1 Å². The Morgan fingerprint density at radius 1 is 1.50 bits per heavy atom. The van der Waals surface area contributed by atoms with E-state index in [0.717, 1.165) is 35.0 Å². The lowest BCUT2D eigenvalue weighted by Gasteiger charge is -2.13. The van der Waals surface area contributed by atoms with E-state index in [9.17, 15) is 4.79 Å². The van der Waals surface area contributed by atoms with Crippen molar-refractivity contribution >= 4 is 17.3 Å². The number of nitrogens with zero attached hydrogens (tertiary/aromatic N) is 2. The lowest BCUT2D eigenvalue weighted by molar-refractivity contribution is -0.141. The van der Waals surface area contributed by atoms with Crippen molar-refractivity contribution in [1.29, 1.82) is 0 Å². The van der Waals surface area contributed by atoms with E-state index in [1.807, 2.05) is 29.6 Å². The fourth-order valence-electron chi connectivity index (χ4n) is 2.73. The second-order valence-electron chi connectivity index (χ2n) is 5.40. The number of carboxylic acid groups (broad SMARTS) is 1. The molecular formula is C16H18N2O3S. The molecule has 1 saturated heterocycles. The van der Waals surface area contributed by atoms with Crippen molar-refractivity contribution in [1.82, 2.24) is 9.88 Å². The average Bonchev–Trinajstić information content (AvgIpc) is 3.17. The third-order valence-electron chi connectivity index (χ3n) is 3.90. The summed E-state index contributed by atoms with van der Waals surface area (Å²) >= 11 is 1.59. The number of rotatable bonds is 5. The zero-order valence-electron chi connectivity index (χ0n) is 12.4. The predicted octanol–water partition coefficient (Wildman–Crippen LogP) is 2.73. The molecular weight excluding hydrogens is 300 g/mol. The summed E-state index contributed by atoms with van der Waals surface area (Å²) < 4.78 is 5.37. The number of carbonyl (C=O) groups is 1. The molecule has 1 N–H and O–H groups in total. The van der Waals surface area contributed by atoms with Crippen LogP contribution in [0.25, 0.3) is 10.6 Å². The summed E-state index contributed by atoms with van der Waals surface area (Å²) in [6.07, 6.45) is 0.721. The highest BCUT2D eigenvalue weighted by Crippen LogP contribution is 2.32. The highest BCUT2D eigenvalue weighted by Gasteiger charge is 2.28. The summed E-state index contributed by atoms with van der Waals surface area (Å²) in [5.74, 6) is -0.127. The lowest BCUT2D eigenvalue weighted by atomic mass is 10.1. The smallest absolute Gasteiger partial charge is 0.307 e. The molecule has 1 aliphatic rings. The maximum atomic E-state index is 11.0. The minimum Gasteiger partial charge on any atom is -0.496 e. The quantitative estimate of drug-likeness (QED) is 0.918. The van der Waals surface area contributed by atoms with Gasteiger partial charge in [0.1, 0.15) is 10.8 Å². The van der Waals surface area contributed by atoms with Gasteiger partial charge in [-0.2, -0.15) is 0 Å². The summed E-state index contributed by atoms with van der Waals surface area (Å²) in [6.45, 7) is 2.13. The zero-order chi connectivity index (χ0) is 15.5. The fraction of sp³-hybridized carbons (Fsp3) is 0.375. The van der Waals surface area contributed by atoms with Gasteiger partial charge < -0.3 is 9.84 Å². The summed E-state index contributed by atoms with van der Waals surface area (Å²) in [5.41, 5.74) is 1.98. The fourth-order valence-corrected chi connectivity index (χ4v) is 3.57. The molecule has 0 spiro atoms. The van der Waals surface area contributed by atoms with Gasteiger partial charge in [0, 0.05) is 18.5 Å². The van der Waals surface area contributed by atoms with Crippen molar-refractivity contribution in [2.45, 2.75) is 13.0 Å². The minimum atomic E-state index is -0.699. The molecule has 0 aliphatic carbocycles. The molecule has 0 radical (unpaired) electrons. The van der Waals surface area contributed by atoms with Crippen LogP contribution < -0.4 is 4.74 Å². The van der Waals surface area contributed by atoms with Gasteiger partial charge in [0.15, 0.2) is 0 Å². The molecule has 5 nitrogen and oxygen atoms in total. The van der Waals surface area contributed by atoms with Crippen molar-refractivity contribution < 1.29 is 14.6 Å². The van der Waals surface area contributed by atoms with Crippen molar-refractivity contribution in [3.8, 4) is 16.3 Å². The highest BCUT2D eigenvalue weighted by molar-refractivity contribution is 7.13. The molecule has 6 heteroatoms. The molecule has 1 aliphatic heterocycles. The number of thiazole rings is 1. The molecule has 1 unspecified atom stereocenters. The Kier molecular flexibility index (Phi) is 4.40. The largest absolute Gasteiger partial charge is 0.496 e. The van der Waals surface area contributed by atoms with Crippen LogP contribution in [-0.4, -0.2) is 41.2 Å². The van der Waals surface area contributed by atoms with E-state index in [-0.39, 0.29) is 5.92 Å². The molecule has 1 fully saturated rings. The van der Waals surface area contributed by atoms with Crippen molar-refractivity contribution in [3.05, 3.63) is 35.3 Å². The van der Waals surface area contributed by atoms with Crippen LogP contribution >= 0.6 is 11.3 Å². The Balaban J connectivity index is 1.71. The van der Waals surface area contributed by atoms with Gasteiger partial charge in [-0.25, -0.2) is 4.98 Å². The molecule has 2 aromatic rings. The molecule has 1 aromatic carbocycles. The maximum absolute atomic E-state index is 11.0. The minimum absolute atomic E-state index is 0.243. The first kappa shape index (κ1) is 15.0. The topological polar surface area (TPSA) is 62.7 Å². The summed E-state index contributed by atoms with van der Waals surface area (Å²) in [7, 11) is 1.66. The van der Waals surface area contributed by atoms with Gasteiger partial charge in [0.25, 0.3) is 0 Å². The van der Waals surface area contributed by atoms with Gasteiger partial charge >= 0.3 is 5.97 Å². The number of para-hydroxylation sites is 1. The van der Waals surface area contributed by atoms with Crippen LogP contribution in [0.15, 0.2) is 29.6 Å². The van der Waals surface area contributed by atoms with Crippen molar-refractivity contribution in [2.24, 2.45) is 5.92 Å². The second-order valence-corrected chi connectivity index (χ2v) is 6.26. The molecule has 1 aromatic heterocycles. The van der Waals surface area contributed by atoms with Crippen LogP contribution in [0.4, 0.5) is 0 Å². The third kappa shape index (κ3) is 3.13. The number of aromatic nitrogens is 1. The predicted molar refractivity (Wildman–Crippen MR) is 85.1 cm³/mol. The van der Waals surface area contributed by atoms with E-state index in [1.54, 1.807) is 18.4 Å². The summed E-state index contributed by atoms with van der Waals surface area (Å²) in [4.78, 5) is 17.8. The van der Waals surface area contributed by atoms with E-state index >= 15 is 0 Å². The van der Waals surface area contributed by atoms with E-state index in [1.165, 1.54) is 0 Å². The molecule has 116 valence electrons. The highest BCUT2D eigenvalue weighted by atomic mass is 32.1. The first-order chi connectivity index (χ1) is 10.7. The van der Waals surface area contributed by atoms with Crippen molar-refractivity contribution in [2.75, 3.05) is 20.2 Å². The van der Waals surface area contributed by atoms with Gasteiger partial charge in [-0.1, -0.05) is 12.1 Å². The van der Waals surface area contributed by atoms with E-state index in [2.05, 4.69) is 9.88 Å². The van der Waals surface area contributed by atoms with Crippen LogP contribution in [0.2, 0.25) is 0 Å². The van der Waals surface area contributed by atoms with Gasteiger partial charge in [-0.3, -0.25) is 9.69 Å². The number of hydrogen-bond acceptors (Lipinski definition) is 5. The average molecular weight is 318 g/mol. The molecule has 0 saturated carbocycles. The Morgan fingerprint density at radius 2 is 2.32 bits per heavy atom. The summed E-state index contributed by atoms with van der Waals surface area (Å²) in [6, 6.07) is 7.83. The van der Waals surface area contributed by atoms with Crippen LogP contribution in [0.1, 0.15) is 12.1 Å². The monoisotopic (exact) mass is 318 g/mol. The van der Waals surface area contributed by atoms with Crippen LogP contribution in [0.5, 0.6) is 5.75 Å². The standard InChI is InChI=1S/C16H18N2O3S/c1-21-14-5-3-2-4-13(14)15-17-12(10-22-15)9-18-7-6-11(8-18)16(19)20/h2-5,10-11H,6-9H2,1H3,(H,19,20). The summed E-state index contributed by atoms with van der Waals surface area (Å²) in [5, 5.41) is 12.0. The third-order valence-corrected chi connectivity index (χ3v) is 4.82. The number of carboxylic acids is 1. The number of benzene rings is 1. The molecule has 1 atom stereocenters. The lowest BCUT2D eigenvalue weighted by Crippen LogP contribution is -2.22. The first-order valence-corrected chi connectivity index (χ1v) is 8.08. The van der Waals surface area contributed by atoms with E-state index < -0.39 is 5.97 Å². The maximum Gasteiger partial charge on any atom is 0.307 e. The normalized spacial score (nSPS) is 18.5. The Bertz CT molecular complexity index is 671. The van der Waals surface area contributed by atoms with Gasteiger partial charge in [0.2, 0.25) is 0 Å². The number of hydrogen-bond donors (Lipinski definition) is 1. The van der Waals surface area contributed by atoms with E-state index in [0.29, 0.717) is 13.1 Å². The Labute approximate surface area is 133 Å². The first-order valence-electron chi connectivity index (χ1n) is 7.20. The molecule has 22 heavy (non-hydrogen) atoms. The van der Waals surface area contributed by atoms with Gasteiger partial charge in [0.05, 0.1) is 24.3 Å². The number of ether oxygens (including phenoxy) is 1. The number of aliphatic carboxylic acids is 1. The Hall–Kier alpha value is -1.92. The molecule has 0 bridgehead atoms. The van der Waals surface area contributed by atoms with Crippen LogP contribution in [0, 0.1) is 5.92 Å². The number of likely N-dealkylation sites (tertiary alicyclic amines) is 1. The zero-order valence-corrected chi connectivity index (χ0v) is 13.2. The van der Waals surface area contributed by atoms with Crippen molar-refractivity contribution in [3.63, 3.8) is 0 Å². The Morgan fingerprint density at radius 3 is 3.05 bits per heavy atom. The molecule has 3 rings (SSSR count). The van der Waals surface area contributed by atoms with E-state index in [4.69, 9.17) is 9.84 Å². The molecule has 0 amide bonds. The molecule has 2 heterocycles.